The van der Waals surface area contributed by atoms with Crippen LogP contribution >= 0.6 is 0 Å². The van der Waals surface area contributed by atoms with Crippen LogP contribution in [0.25, 0.3) is 0 Å². The molecule has 0 radical (unpaired) electrons. The highest BCUT2D eigenvalue weighted by atomic mass is 16.6. The number of esters is 1. The smallest absolute Gasteiger partial charge is 0.338 e. The first-order chi connectivity index (χ1) is 11.7. The van der Waals surface area contributed by atoms with Crippen molar-refractivity contribution in [1.82, 2.24) is 0 Å². The highest BCUT2D eigenvalue weighted by Crippen LogP contribution is 2.13. The maximum absolute atomic E-state index is 11.4. The second-order valence-electron chi connectivity index (χ2n) is 5.33. The molecular weight excluding hydrogens is 304 g/mol. The van der Waals surface area contributed by atoms with Crippen LogP contribution in [0.1, 0.15) is 23.6 Å². The molecule has 24 heavy (non-hydrogen) atoms. The molecule has 1 aliphatic rings. The normalized spacial score (nSPS) is 15.1. The zero-order valence-electron chi connectivity index (χ0n) is 13.5. The van der Waals surface area contributed by atoms with Gasteiger partial charge in [0.2, 0.25) is 0 Å². The van der Waals surface area contributed by atoms with Crippen LogP contribution in [-0.4, -0.2) is 25.3 Å². The molecular formula is C20H18O4. The Bertz CT molecular complexity index is 747. The highest BCUT2D eigenvalue weighted by Gasteiger charge is 2.32. The zero-order valence-corrected chi connectivity index (χ0v) is 13.5. The average Bonchev–Trinajstić information content (AvgIpc) is 3.45. The SMILES string of the molecule is CCOc1ccc(C#Cc2ccc(COC(=O)C3CO3)cc2)cc1. The molecule has 0 spiro atoms. The minimum atomic E-state index is -0.357. The molecule has 0 saturated carbocycles. The van der Waals surface area contributed by atoms with Crippen molar-refractivity contribution < 1.29 is 19.0 Å². The van der Waals surface area contributed by atoms with Crippen LogP contribution in [0.2, 0.25) is 0 Å². The molecule has 1 unspecified atom stereocenters. The Morgan fingerprint density at radius 2 is 1.67 bits per heavy atom. The summed E-state index contributed by atoms with van der Waals surface area (Å²) in [6, 6.07) is 15.3. The van der Waals surface area contributed by atoms with E-state index in [1.54, 1.807) is 0 Å². The van der Waals surface area contributed by atoms with E-state index in [1.807, 2.05) is 55.5 Å². The van der Waals surface area contributed by atoms with Gasteiger partial charge in [0.25, 0.3) is 0 Å². The minimum absolute atomic E-state index is 0.255. The molecule has 0 bridgehead atoms. The van der Waals surface area contributed by atoms with Gasteiger partial charge in [-0.3, -0.25) is 0 Å². The van der Waals surface area contributed by atoms with Crippen molar-refractivity contribution in [2.45, 2.75) is 19.6 Å². The van der Waals surface area contributed by atoms with Gasteiger partial charge in [0, 0.05) is 11.1 Å². The van der Waals surface area contributed by atoms with Gasteiger partial charge >= 0.3 is 5.97 Å². The molecule has 0 amide bonds. The summed E-state index contributed by atoms with van der Waals surface area (Å²) in [5, 5.41) is 0. The van der Waals surface area contributed by atoms with Gasteiger partial charge < -0.3 is 14.2 Å². The van der Waals surface area contributed by atoms with Gasteiger partial charge in [-0.05, 0) is 48.9 Å². The summed E-state index contributed by atoms with van der Waals surface area (Å²) in [5.41, 5.74) is 2.76. The third kappa shape index (κ3) is 4.61. The van der Waals surface area contributed by atoms with Gasteiger partial charge in [0.05, 0.1) is 13.2 Å². The molecule has 4 heteroatoms. The molecule has 0 N–H and O–H groups in total. The van der Waals surface area contributed by atoms with Crippen molar-refractivity contribution in [3.63, 3.8) is 0 Å². The first kappa shape index (κ1) is 16.1. The predicted molar refractivity (Wildman–Crippen MR) is 89.6 cm³/mol. The van der Waals surface area contributed by atoms with Crippen LogP contribution in [0, 0.1) is 11.8 Å². The van der Waals surface area contributed by atoms with E-state index < -0.39 is 0 Å². The van der Waals surface area contributed by atoms with Crippen molar-refractivity contribution in [2.24, 2.45) is 0 Å². The van der Waals surface area contributed by atoms with E-state index in [-0.39, 0.29) is 18.7 Å². The molecule has 0 aliphatic carbocycles. The van der Waals surface area contributed by atoms with Crippen molar-refractivity contribution in [2.75, 3.05) is 13.2 Å². The standard InChI is InChI=1S/C20H18O4/c1-2-22-18-11-9-16(10-12-18)4-3-15-5-7-17(8-6-15)13-24-20(21)19-14-23-19/h5-12,19H,2,13-14H2,1H3. The lowest BCUT2D eigenvalue weighted by atomic mass is 10.1. The van der Waals surface area contributed by atoms with Gasteiger partial charge in [0.1, 0.15) is 12.4 Å². The molecule has 3 rings (SSSR count). The van der Waals surface area contributed by atoms with E-state index in [0.29, 0.717) is 13.2 Å². The van der Waals surface area contributed by atoms with Gasteiger partial charge in [-0.1, -0.05) is 24.0 Å². The van der Waals surface area contributed by atoms with Crippen LogP contribution in [0.3, 0.4) is 0 Å². The summed E-state index contributed by atoms with van der Waals surface area (Å²) in [4.78, 5) is 11.4. The molecule has 4 nitrogen and oxygen atoms in total. The highest BCUT2D eigenvalue weighted by molar-refractivity contribution is 5.76. The number of ether oxygens (including phenoxy) is 3. The number of epoxide rings is 1. The Morgan fingerprint density at radius 3 is 2.21 bits per heavy atom. The van der Waals surface area contributed by atoms with Crippen LogP contribution in [0.15, 0.2) is 48.5 Å². The molecule has 2 aromatic rings. The van der Waals surface area contributed by atoms with Gasteiger partial charge in [-0.25, -0.2) is 4.79 Å². The fraction of sp³-hybridized carbons (Fsp3) is 0.250. The number of rotatable bonds is 5. The summed E-state index contributed by atoms with van der Waals surface area (Å²) in [6.45, 7) is 3.34. The molecule has 1 heterocycles. The number of carbonyl (C=O) groups excluding carboxylic acids is 1. The lowest BCUT2D eigenvalue weighted by Gasteiger charge is -2.03. The van der Waals surface area contributed by atoms with Gasteiger partial charge in [-0.15, -0.1) is 0 Å². The molecule has 2 aromatic carbocycles. The Labute approximate surface area is 141 Å². The topological polar surface area (TPSA) is 48.1 Å². The van der Waals surface area contributed by atoms with Crippen LogP contribution in [0.4, 0.5) is 0 Å². The lowest BCUT2D eigenvalue weighted by molar-refractivity contribution is -0.146. The number of carbonyl (C=O) groups is 1. The quantitative estimate of drug-likeness (QED) is 0.482. The summed E-state index contributed by atoms with van der Waals surface area (Å²) in [5.74, 6) is 6.78. The fourth-order valence-electron chi connectivity index (χ4n) is 2.06. The first-order valence-electron chi connectivity index (χ1n) is 7.86. The van der Waals surface area contributed by atoms with Crippen LogP contribution in [-0.2, 0) is 20.9 Å². The van der Waals surface area contributed by atoms with E-state index in [4.69, 9.17) is 14.2 Å². The monoisotopic (exact) mass is 322 g/mol. The van der Waals surface area contributed by atoms with Crippen LogP contribution in [0.5, 0.6) is 5.75 Å². The fourth-order valence-corrected chi connectivity index (χ4v) is 2.06. The molecule has 0 aromatic heterocycles. The summed E-state index contributed by atoms with van der Waals surface area (Å²) in [6.07, 6.45) is -0.357. The Kier molecular flexibility index (Phi) is 5.15. The molecule has 1 atom stereocenters. The molecule has 122 valence electrons. The Balaban J connectivity index is 1.56. The van der Waals surface area contributed by atoms with E-state index in [0.717, 1.165) is 22.4 Å². The van der Waals surface area contributed by atoms with Crippen LogP contribution < -0.4 is 4.74 Å². The van der Waals surface area contributed by atoms with Crippen molar-refractivity contribution in [3.05, 3.63) is 65.2 Å². The number of hydrogen-bond donors (Lipinski definition) is 0. The van der Waals surface area contributed by atoms with E-state index >= 15 is 0 Å². The maximum Gasteiger partial charge on any atom is 0.338 e. The summed E-state index contributed by atoms with van der Waals surface area (Å²) in [7, 11) is 0. The Morgan fingerprint density at radius 1 is 1.08 bits per heavy atom. The average molecular weight is 322 g/mol. The molecule has 1 fully saturated rings. The second-order valence-corrected chi connectivity index (χ2v) is 5.33. The second kappa shape index (κ2) is 7.67. The van der Waals surface area contributed by atoms with Crippen molar-refractivity contribution in [1.29, 1.82) is 0 Å². The first-order valence-corrected chi connectivity index (χ1v) is 7.86. The molecule has 1 aliphatic heterocycles. The number of benzene rings is 2. The van der Waals surface area contributed by atoms with E-state index in [1.165, 1.54) is 0 Å². The van der Waals surface area contributed by atoms with Gasteiger partial charge in [-0.2, -0.15) is 0 Å². The Hall–Kier alpha value is -2.77. The largest absolute Gasteiger partial charge is 0.494 e. The summed E-state index contributed by atoms with van der Waals surface area (Å²) < 4.78 is 15.4. The molecule has 1 saturated heterocycles. The lowest BCUT2D eigenvalue weighted by Crippen LogP contribution is -2.11. The predicted octanol–water partition coefficient (Wildman–Crippen LogP) is 2.93. The van der Waals surface area contributed by atoms with Crippen molar-refractivity contribution >= 4 is 5.97 Å². The van der Waals surface area contributed by atoms with Gasteiger partial charge in [0.15, 0.2) is 6.10 Å². The maximum atomic E-state index is 11.4. The third-order valence-electron chi connectivity index (χ3n) is 3.45. The third-order valence-corrected chi connectivity index (χ3v) is 3.45. The zero-order chi connectivity index (χ0) is 16.8. The van der Waals surface area contributed by atoms with E-state index in [2.05, 4.69) is 11.8 Å². The minimum Gasteiger partial charge on any atom is -0.494 e. The summed E-state index contributed by atoms with van der Waals surface area (Å²) >= 11 is 0. The number of hydrogen-bond acceptors (Lipinski definition) is 4. The van der Waals surface area contributed by atoms with Crippen molar-refractivity contribution in [3.8, 4) is 17.6 Å². The van der Waals surface area contributed by atoms with E-state index in [9.17, 15) is 4.79 Å².